The number of unbranched alkanes of at least 4 members (excludes halogenated alkanes) is 1. The Morgan fingerprint density at radius 2 is 1.81 bits per heavy atom. The van der Waals surface area contributed by atoms with E-state index in [-0.39, 0.29) is 16.1 Å². The number of nitrogens with zero attached hydrogens (tertiary/aromatic N) is 1. The van der Waals surface area contributed by atoms with Crippen LogP contribution in [0.25, 0.3) is 0 Å². The van der Waals surface area contributed by atoms with Gasteiger partial charge in [-0.1, -0.05) is 13.3 Å². The van der Waals surface area contributed by atoms with E-state index in [0.717, 1.165) is 12.8 Å². The van der Waals surface area contributed by atoms with Crippen molar-refractivity contribution >= 4 is 27.3 Å². The molecule has 0 saturated carbocycles. The summed E-state index contributed by atoms with van der Waals surface area (Å²) in [6, 6.07) is 9.88. The van der Waals surface area contributed by atoms with Gasteiger partial charge in [-0.25, -0.2) is 13.1 Å². The van der Waals surface area contributed by atoms with Gasteiger partial charge >= 0.3 is 0 Å². The number of rotatable bonds is 8. The number of carbonyl (C=O) groups is 1. The molecule has 0 aliphatic rings. The summed E-state index contributed by atoms with van der Waals surface area (Å²) in [5.41, 5.74) is 1.02. The van der Waals surface area contributed by atoms with Gasteiger partial charge in [-0.05, 0) is 49.7 Å². The van der Waals surface area contributed by atoms with Crippen LogP contribution in [0, 0.1) is 17.0 Å². The zero-order valence-electron chi connectivity index (χ0n) is 15.1. The Kier molecular flexibility index (Phi) is 6.65. The van der Waals surface area contributed by atoms with E-state index in [0.29, 0.717) is 17.8 Å². The van der Waals surface area contributed by atoms with Crippen LogP contribution in [0.3, 0.4) is 0 Å². The van der Waals surface area contributed by atoms with Crippen molar-refractivity contribution in [1.82, 2.24) is 4.72 Å². The van der Waals surface area contributed by atoms with E-state index >= 15 is 0 Å². The molecule has 0 heterocycles. The molecule has 2 rings (SSSR count). The first kappa shape index (κ1) is 20.5. The molecule has 2 aromatic carbocycles. The fraction of sp³-hybridized carbons (Fsp3) is 0.278. The van der Waals surface area contributed by atoms with E-state index in [1.165, 1.54) is 42.5 Å². The zero-order valence-corrected chi connectivity index (χ0v) is 15.9. The van der Waals surface area contributed by atoms with Crippen LogP contribution in [0.4, 0.5) is 11.4 Å². The highest BCUT2D eigenvalue weighted by atomic mass is 32.2. The quantitative estimate of drug-likeness (QED) is 0.407. The highest BCUT2D eigenvalue weighted by Gasteiger charge is 2.15. The number of nitro groups is 1. The second-order valence-electron chi connectivity index (χ2n) is 5.99. The lowest BCUT2D eigenvalue weighted by atomic mass is 10.1. The van der Waals surface area contributed by atoms with Crippen LogP contribution in [-0.4, -0.2) is 25.8 Å². The fourth-order valence-corrected chi connectivity index (χ4v) is 3.46. The molecule has 0 aromatic heterocycles. The standard InChI is InChI=1S/C18H21N3O5S/c1-3-4-11-19-27(25,26)16-8-6-15(7-9-16)20-18(22)14-5-10-17(21(23)24)13(2)12-14/h5-10,12,19H,3-4,11H2,1-2H3,(H,20,22). The maximum Gasteiger partial charge on any atom is 0.272 e. The number of amides is 1. The molecule has 0 saturated heterocycles. The lowest BCUT2D eigenvalue weighted by molar-refractivity contribution is -0.385. The Bertz CT molecular complexity index is 940. The maximum absolute atomic E-state index is 12.3. The van der Waals surface area contributed by atoms with Crippen molar-refractivity contribution in [2.75, 3.05) is 11.9 Å². The second-order valence-corrected chi connectivity index (χ2v) is 7.76. The van der Waals surface area contributed by atoms with E-state index in [1.54, 1.807) is 6.92 Å². The Morgan fingerprint density at radius 1 is 1.15 bits per heavy atom. The Labute approximate surface area is 157 Å². The Balaban J connectivity index is 2.09. The van der Waals surface area contributed by atoms with Gasteiger partial charge in [-0.15, -0.1) is 0 Å². The first-order valence-corrected chi connectivity index (χ1v) is 9.89. The van der Waals surface area contributed by atoms with Gasteiger partial charge in [-0.2, -0.15) is 0 Å². The number of carbonyl (C=O) groups excluding carboxylic acids is 1. The summed E-state index contributed by atoms with van der Waals surface area (Å²) in [6.07, 6.45) is 1.64. The van der Waals surface area contributed by atoms with Gasteiger partial charge < -0.3 is 5.32 Å². The number of aryl methyl sites for hydroxylation is 1. The third-order valence-corrected chi connectivity index (χ3v) is 5.38. The molecule has 9 heteroatoms. The SMILES string of the molecule is CCCCNS(=O)(=O)c1ccc(NC(=O)c2ccc([N+](=O)[O-])c(C)c2)cc1. The molecule has 0 spiro atoms. The van der Waals surface area contributed by atoms with Crippen LogP contribution >= 0.6 is 0 Å². The number of nitrogens with one attached hydrogen (secondary N) is 2. The summed E-state index contributed by atoms with van der Waals surface area (Å²) >= 11 is 0. The highest BCUT2D eigenvalue weighted by molar-refractivity contribution is 7.89. The van der Waals surface area contributed by atoms with Crippen LogP contribution in [0.1, 0.15) is 35.7 Å². The van der Waals surface area contributed by atoms with Crippen molar-refractivity contribution in [3.8, 4) is 0 Å². The lowest BCUT2D eigenvalue weighted by Crippen LogP contribution is -2.24. The van der Waals surface area contributed by atoms with Crippen LogP contribution in [-0.2, 0) is 10.0 Å². The summed E-state index contributed by atoms with van der Waals surface area (Å²) in [5.74, 6) is -0.440. The molecule has 0 bridgehead atoms. The third-order valence-electron chi connectivity index (χ3n) is 3.90. The van der Waals surface area contributed by atoms with Gasteiger partial charge in [0, 0.05) is 29.4 Å². The molecule has 1 amide bonds. The summed E-state index contributed by atoms with van der Waals surface area (Å²) in [5, 5.41) is 13.5. The number of nitro benzene ring substituents is 1. The number of hydrogen-bond acceptors (Lipinski definition) is 5. The highest BCUT2D eigenvalue weighted by Crippen LogP contribution is 2.20. The Morgan fingerprint density at radius 3 is 2.37 bits per heavy atom. The molecular formula is C18H21N3O5S. The minimum absolute atomic E-state index is 0.0586. The first-order chi connectivity index (χ1) is 12.7. The summed E-state index contributed by atoms with van der Waals surface area (Å²) < 4.78 is 26.8. The molecule has 27 heavy (non-hydrogen) atoms. The fourth-order valence-electron chi connectivity index (χ4n) is 2.39. The molecule has 0 atom stereocenters. The average Bonchev–Trinajstić information content (AvgIpc) is 2.62. The van der Waals surface area contributed by atoms with E-state index < -0.39 is 20.9 Å². The summed E-state index contributed by atoms with van der Waals surface area (Å²) in [7, 11) is -3.57. The zero-order chi connectivity index (χ0) is 20.0. The summed E-state index contributed by atoms with van der Waals surface area (Å²) in [4.78, 5) is 22.7. The first-order valence-electron chi connectivity index (χ1n) is 8.40. The molecule has 144 valence electrons. The van der Waals surface area contributed by atoms with E-state index in [4.69, 9.17) is 0 Å². The van der Waals surface area contributed by atoms with Gasteiger partial charge in [0.25, 0.3) is 11.6 Å². The number of anilines is 1. The van der Waals surface area contributed by atoms with E-state index in [2.05, 4.69) is 10.0 Å². The normalized spacial score (nSPS) is 11.2. The van der Waals surface area contributed by atoms with Crippen LogP contribution in [0.2, 0.25) is 0 Å². The predicted octanol–water partition coefficient (Wildman–Crippen LogP) is 3.23. The van der Waals surface area contributed by atoms with Crippen molar-refractivity contribution in [2.24, 2.45) is 0 Å². The minimum Gasteiger partial charge on any atom is -0.322 e. The van der Waals surface area contributed by atoms with Gasteiger partial charge in [0.2, 0.25) is 10.0 Å². The average molecular weight is 391 g/mol. The predicted molar refractivity (Wildman–Crippen MR) is 102 cm³/mol. The van der Waals surface area contributed by atoms with Crippen LogP contribution < -0.4 is 10.0 Å². The molecular weight excluding hydrogens is 370 g/mol. The molecule has 0 radical (unpaired) electrons. The third kappa shape index (κ3) is 5.35. The molecule has 0 fully saturated rings. The molecule has 0 aliphatic heterocycles. The second kappa shape index (κ2) is 8.74. The van der Waals surface area contributed by atoms with Crippen molar-refractivity contribution in [3.05, 3.63) is 63.7 Å². The van der Waals surface area contributed by atoms with Crippen molar-refractivity contribution in [1.29, 1.82) is 0 Å². The molecule has 0 unspecified atom stereocenters. The minimum atomic E-state index is -3.57. The van der Waals surface area contributed by atoms with Crippen molar-refractivity contribution < 1.29 is 18.1 Å². The number of sulfonamides is 1. The largest absolute Gasteiger partial charge is 0.322 e. The van der Waals surface area contributed by atoms with Gasteiger partial charge in [0.15, 0.2) is 0 Å². The maximum atomic E-state index is 12.3. The van der Waals surface area contributed by atoms with E-state index in [1.807, 2.05) is 6.92 Å². The Hall–Kier alpha value is -2.78. The molecule has 2 N–H and O–H groups in total. The molecule has 8 nitrogen and oxygen atoms in total. The number of benzene rings is 2. The monoisotopic (exact) mass is 391 g/mol. The molecule has 0 aliphatic carbocycles. The van der Waals surface area contributed by atoms with Crippen molar-refractivity contribution in [2.45, 2.75) is 31.6 Å². The molecule has 2 aromatic rings. The topological polar surface area (TPSA) is 118 Å². The van der Waals surface area contributed by atoms with Gasteiger partial charge in [0.05, 0.1) is 9.82 Å². The van der Waals surface area contributed by atoms with Crippen LogP contribution in [0.15, 0.2) is 47.4 Å². The van der Waals surface area contributed by atoms with E-state index in [9.17, 15) is 23.3 Å². The van der Waals surface area contributed by atoms with Gasteiger partial charge in [0.1, 0.15) is 0 Å². The smallest absolute Gasteiger partial charge is 0.272 e. The van der Waals surface area contributed by atoms with Crippen LogP contribution in [0.5, 0.6) is 0 Å². The van der Waals surface area contributed by atoms with Crippen molar-refractivity contribution in [3.63, 3.8) is 0 Å². The summed E-state index contributed by atoms with van der Waals surface area (Å²) in [6.45, 7) is 3.90. The number of hydrogen-bond donors (Lipinski definition) is 2. The van der Waals surface area contributed by atoms with Gasteiger partial charge in [-0.3, -0.25) is 14.9 Å². The lowest BCUT2D eigenvalue weighted by Gasteiger charge is -2.09.